The van der Waals surface area contributed by atoms with E-state index in [9.17, 15) is 0 Å². The third kappa shape index (κ3) is 5.19. The number of oxazole rings is 1. The molecule has 0 saturated carbocycles. The zero-order chi connectivity index (χ0) is 36.3. The van der Waals surface area contributed by atoms with Crippen molar-refractivity contribution < 1.29 is 8.83 Å². The molecule has 0 amide bonds. The number of fused-ring (bicyclic) bond motifs is 7. The first-order chi connectivity index (χ1) is 27.3. The van der Waals surface area contributed by atoms with Crippen molar-refractivity contribution in [2.24, 2.45) is 0 Å². The van der Waals surface area contributed by atoms with E-state index in [4.69, 9.17) is 13.8 Å². The van der Waals surface area contributed by atoms with Crippen LogP contribution in [0.4, 0.5) is 17.1 Å². The predicted molar refractivity (Wildman–Crippen MR) is 227 cm³/mol. The molecule has 0 aliphatic carbocycles. The topological polar surface area (TPSA) is 42.4 Å². The second kappa shape index (κ2) is 12.6. The summed E-state index contributed by atoms with van der Waals surface area (Å²) in [6.45, 7) is 0. The molecule has 0 spiro atoms. The first kappa shape index (κ1) is 31.1. The number of aromatic nitrogens is 1. The van der Waals surface area contributed by atoms with Gasteiger partial charge in [0.15, 0.2) is 5.58 Å². The highest BCUT2D eigenvalue weighted by Gasteiger charge is 2.23. The summed E-state index contributed by atoms with van der Waals surface area (Å²) in [7, 11) is 0. The van der Waals surface area contributed by atoms with Crippen LogP contribution in [0.5, 0.6) is 0 Å². The standard InChI is InChI=1S/C51H32N2O2/c1-3-14-33(15-4-1)36-19-13-20-39(30-36)53(45-31-37-18-7-8-21-40(37)41-22-9-10-23-42(41)45)38-28-26-34(27-29-38)48-49-43-24-11-12-25-46(43)54-47(49)32-44-50(48)55-51(52-44)35-16-5-2-6-17-35/h1-32H. The van der Waals surface area contributed by atoms with Crippen LogP contribution in [0.1, 0.15) is 0 Å². The summed E-state index contributed by atoms with van der Waals surface area (Å²) in [4.78, 5) is 7.35. The van der Waals surface area contributed by atoms with Gasteiger partial charge in [0.2, 0.25) is 5.89 Å². The molecular formula is C51H32N2O2. The molecule has 0 unspecified atom stereocenters. The molecule has 0 aliphatic rings. The molecule has 9 aromatic carbocycles. The van der Waals surface area contributed by atoms with Gasteiger partial charge in [-0.05, 0) is 81.4 Å². The van der Waals surface area contributed by atoms with Crippen LogP contribution in [0.2, 0.25) is 0 Å². The Morgan fingerprint density at radius 2 is 1.05 bits per heavy atom. The number of furan rings is 1. The molecule has 2 heterocycles. The van der Waals surface area contributed by atoms with Crippen LogP contribution in [0, 0.1) is 0 Å². The highest BCUT2D eigenvalue weighted by molar-refractivity contribution is 6.19. The maximum absolute atomic E-state index is 6.66. The first-order valence-electron chi connectivity index (χ1n) is 18.5. The fraction of sp³-hybridized carbons (Fsp3) is 0. The molecule has 0 N–H and O–H groups in total. The Hall–Kier alpha value is -7.43. The van der Waals surface area contributed by atoms with Crippen molar-refractivity contribution in [3.05, 3.63) is 194 Å². The highest BCUT2D eigenvalue weighted by atomic mass is 16.4. The lowest BCUT2D eigenvalue weighted by atomic mass is 9.97. The Labute approximate surface area is 317 Å². The quantitative estimate of drug-likeness (QED) is 0.162. The van der Waals surface area contributed by atoms with Gasteiger partial charge in [0.05, 0.1) is 5.69 Å². The maximum atomic E-state index is 6.66. The fourth-order valence-corrected chi connectivity index (χ4v) is 8.13. The normalized spacial score (nSPS) is 11.6. The van der Waals surface area contributed by atoms with E-state index in [0.29, 0.717) is 5.89 Å². The molecule has 0 atom stereocenters. The number of para-hydroxylation sites is 1. The van der Waals surface area contributed by atoms with E-state index < -0.39 is 0 Å². The summed E-state index contributed by atoms with van der Waals surface area (Å²) >= 11 is 0. The van der Waals surface area contributed by atoms with Gasteiger partial charge in [-0.25, -0.2) is 4.98 Å². The van der Waals surface area contributed by atoms with Gasteiger partial charge in [-0.1, -0.05) is 140 Å². The molecule has 4 nitrogen and oxygen atoms in total. The van der Waals surface area contributed by atoms with E-state index in [-0.39, 0.29) is 0 Å². The van der Waals surface area contributed by atoms with Gasteiger partial charge in [-0.15, -0.1) is 0 Å². The van der Waals surface area contributed by atoms with Crippen molar-refractivity contribution in [2.45, 2.75) is 0 Å². The molecule has 0 aliphatic heterocycles. The van der Waals surface area contributed by atoms with Crippen LogP contribution in [0.15, 0.2) is 203 Å². The number of nitrogens with zero attached hydrogens (tertiary/aromatic N) is 2. The Morgan fingerprint density at radius 3 is 1.85 bits per heavy atom. The average Bonchev–Trinajstić information content (AvgIpc) is 3.85. The molecule has 258 valence electrons. The second-order valence-corrected chi connectivity index (χ2v) is 13.9. The van der Waals surface area contributed by atoms with E-state index in [2.05, 4.69) is 150 Å². The van der Waals surface area contributed by atoms with Crippen molar-refractivity contribution in [3.8, 4) is 33.7 Å². The van der Waals surface area contributed by atoms with Crippen LogP contribution < -0.4 is 4.90 Å². The molecule has 2 aromatic heterocycles. The molecule has 0 fully saturated rings. The molecule has 0 radical (unpaired) electrons. The fourth-order valence-electron chi connectivity index (χ4n) is 8.13. The van der Waals surface area contributed by atoms with Crippen LogP contribution in [-0.4, -0.2) is 4.98 Å². The zero-order valence-corrected chi connectivity index (χ0v) is 29.7. The minimum atomic E-state index is 0.582. The van der Waals surface area contributed by atoms with Crippen molar-refractivity contribution in [3.63, 3.8) is 0 Å². The minimum Gasteiger partial charge on any atom is -0.456 e. The lowest BCUT2D eigenvalue weighted by molar-refractivity contribution is 0.621. The smallest absolute Gasteiger partial charge is 0.227 e. The molecule has 55 heavy (non-hydrogen) atoms. The average molecular weight is 705 g/mol. The second-order valence-electron chi connectivity index (χ2n) is 13.9. The Kier molecular flexibility index (Phi) is 7.14. The SMILES string of the molecule is c1ccc(-c2cccc(N(c3ccc(-c4c5oc(-c6ccccc6)nc5cc5oc6ccccc6c45)cc3)c3cc4ccccc4c4ccccc34)c2)cc1. The van der Waals surface area contributed by atoms with Gasteiger partial charge in [0.1, 0.15) is 16.7 Å². The number of anilines is 3. The molecule has 11 aromatic rings. The Morgan fingerprint density at radius 1 is 0.400 bits per heavy atom. The van der Waals surface area contributed by atoms with Gasteiger partial charge in [-0.2, -0.15) is 0 Å². The molecule has 4 heteroatoms. The predicted octanol–water partition coefficient (Wildman–Crippen LogP) is 14.5. The maximum Gasteiger partial charge on any atom is 0.227 e. The van der Waals surface area contributed by atoms with E-state index in [1.54, 1.807) is 0 Å². The van der Waals surface area contributed by atoms with E-state index in [1.807, 2.05) is 48.5 Å². The molecule has 11 rings (SSSR count). The summed E-state index contributed by atoms with van der Waals surface area (Å²) in [6, 6.07) is 68.2. The first-order valence-corrected chi connectivity index (χ1v) is 18.5. The van der Waals surface area contributed by atoms with Gasteiger partial charge >= 0.3 is 0 Å². The monoisotopic (exact) mass is 704 g/mol. The van der Waals surface area contributed by atoms with Gasteiger partial charge < -0.3 is 13.7 Å². The number of hydrogen-bond donors (Lipinski definition) is 0. The molecular weight excluding hydrogens is 673 g/mol. The number of rotatable bonds is 6. The third-order valence-electron chi connectivity index (χ3n) is 10.7. The van der Waals surface area contributed by atoms with Crippen LogP contribution in [-0.2, 0) is 0 Å². The van der Waals surface area contributed by atoms with Crippen LogP contribution in [0.3, 0.4) is 0 Å². The largest absolute Gasteiger partial charge is 0.456 e. The summed E-state index contributed by atoms with van der Waals surface area (Å²) in [5.74, 6) is 0.582. The number of benzene rings is 9. The van der Waals surface area contributed by atoms with Crippen molar-refractivity contribution >= 4 is 71.6 Å². The summed E-state index contributed by atoms with van der Waals surface area (Å²) in [5, 5.41) is 6.88. The lowest BCUT2D eigenvalue weighted by Crippen LogP contribution is -2.10. The van der Waals surface area contributed by atoms with Gasteiger partial charge in [-0.3, -0.25) is 0 Å². The minimum absolute atomic E-state index is 0.582. The van der Waals surface area contributed by atoms with E-state index in [0.717, 1.165) is 72.4 Å². The summed E-state index contributed by atoms with van der Waals surface area (Å²) < 4.78 is 13.1. The lowest BCUT2D eigenvalue weighted by Gasteiger charge is -2.28. The van der Waals surface area contributed by atoms with Gasteiger partial charge in [0.25, 0.3) is 0 Å². The number of hydrogen-bond acceptors (Lipinski definition) is 4. The van der Waals surface area contributed by atoms with Crippen LogP contribution in [0.25, 0.3) is 88.3 Å². The summed E-state index contributed by atoms with van der Waals surface area (Å²) in [5.41, 5.74) is 11.6. The van der Waals surface area contributed by atoms with E-state index >= 15 is 0 Å². The summed E-state index contributed by atoms with van der Waals surface area (Å²) in [6.07, 6.45) is 0. The molecule has 0 bridgehead atoms. The van der Waals surface area contributed by atoms with Crippen molar-refractivity contribution in [1.82, 2.24) is 4.98 Å². The molecule has 0 saturated heterocycles. The highest BCUT2D eigenvalue weighted by Crippen LogP contribution is 2.46. The Bertz CT molecular complexity index is 3200. The van der Waals surface area contributed by atoms with E-state index in [1.165, 1.54) is 27.1 Å². The van der Waals surface area contributed by atoms with Crippen molar-refractivity contribution in [2.75, 3.05) is 4.90 Å². The zero-order valence-electron chi connectivity index (χ0n) is 29.7. The third-order valence-corrected chi connectivity index (χ3v) is 10.7. The Balaban J connectivity index is 1.14. The van der Waals surface area contributed by atoms with Crippen LogP contribution >= 0.6 is 0 Å². The van der Waals surface area contributed by atoms with Gasteiger partial charge in [0, 0.05) is 44.7 Å². The van der Waals surface area contributed by atoms with Crippen molar-refractivity contribution in [1.29, 1.82) is 0 Å².